The Morgan fingerprint density at radius 2 is 1.47 bits per heavy atom. The second-order valence-corrected chi connectivity index (χ2v) is 6.40. The van der Waals surface area contributed by atoms with E-state index in [9.17, 15) is 10.1 Å². The number of carbonyl (C=O) groups excluding carboxylic acids is 1. The van der Waals surface area contributed by atoms with Crippen LogP contribution in [0.1, 0.15) is 21.5 Å². The van der Waals surface area contributed by atoms with Gasteiger partial charge in [-0.25, -0.2) is 0 Å². The number of nitriles is 1. The van der Waals surface area contributed by atoms with Crippen LogP contribution in [0.3, 0.4) is 0 Å². The van der Waals surface area contributed by atoms with Gasteiger partial charge in [0.2, 0.25) is 0 Å². The first kappa shape index (κ1) is 20.7. The van der Waals surface area contributed by atoms with Crippen molar-refractivity contribution in [3.63, 3.8) is 0 Å². The Labute approximate surface area is 175 Å². The van der Waals surface area contributed by atoms with E-state index in [0.717, 1.165) is 11.1 Å². The van der Waals surface area contributed by atoms with Crippen molar-refractivity contribution in [3.05, 3.63) is 77.4 Å². The number of nitrogens with zero attached hydrogens (tertiary/aromatic N) is 1. The van der Waals surface area contributed by atoms with Crippen molar-refractivity contribution in [2.45, 2.75) is 6.54 Å². The summed E-state index contributed by atoms with van der Waals surface area (Å²) in [4.78, 5) is 13.0. The van der Waals surface area contributed by atoms with Crippen LogP contribution in [0.25, 0.3) is 11.1 Å². The molecule has 6 nitrogen and oxygen atoms in total. The van der Waals surface area contributed by atoms with Crippen LogP contribution >= 0.6 is 0 Å². The Hall–Kier alpha value is -3.98. The molecule has 0 bridgehead atoms. The van der Waals surface area contributed by atoms with Gasteiger partial charge in [-0.2, -0.15) is 5.26 Å². The second-order valence-electron chi connectivity index (χ2n) is 6.40. The maximum atomic E-state index is 13.0. The highest BCUT2D eigenvalue weighted by molar-refractivity contribution is 6.01. The summed E-state index contributed by atoms with van der Waals surface area (Å²) < 4.78 is 16.1. The first-order chi connectivity index (χ1) is 14.6. The van der Waals surface area contributed by atoms with E-state index < -0.39 is 0 Å². The first-order valence-electron chi connectivity index (χ1n) is 9.28. The van der Waals surface area contributed by atoms with Crippen molar-refractivity contribution in [2.75, 3.05) is 21.3 Å². The molecule has 3 aromatic rings. The highest BCUT2D eigenvalue weighted by Gasteiger charge is 2.16. The summed E-state index contributed by atoms with van der Waals surface area (Å²) in [6.45, 7) is 0.233. The van der Waals surface area contributed by atoms with Gasteiger partial charge in [-0.3, -0.25) is 4.79 Å². The van der Waals surface area contributed by atoms with Crippen LogP contribution in [0.5, 0.6) is 17.2 Å². The minimum Gasteiger partial charge on any atom is -0.496 e. The quantitative estimate of drug-likeness (QED) is 0.641. The summed E-state index contributed by atoms with van der Waals surface area (Å²) in [6.07, 6.45) is 0. The fourth-order valence-corrected chi connectivity index (χ4v) is 3.23. The number of methoxy groups -OCH3 is 3. The van der Waals surface area contributed by atoms with Gasteiger partial charge in [-0.1, -0.05) is 36.4 Å². The normalized spacial score (nSPS) is 10.1. The van der Waals surface area contributed by atoms with Gasteiger partial charge in [0.1, 0.15) is 5.75 Å². The van der Waals surface area contributed by atoms with E-state index in [-0.39, 0.29) is 12.5 Å². The van der Waals surface area contributed by atoms with Crippen molar-refractivity contribution in [3.8, 4) is 34.4 Å². The average Bonchev–Trinajstić information content (AvgIpc) is 2.81. The van der Waals surface area contributed by atoms with E-state index in [1.54, 1.807) is 57.7 Å². The lowest BCUT2D eigenvalue weighted by molar-refractivity contribution is 0.0951. The van der Waals surface area contributed by atoms with E-state index >= 15 is 0 Å². The molecule has 0 aliphatic heterocycles. The van der Waals surface area contributed by atoms with Gasteiger partial charge < -0.3 is 19.5 Å². The molecule has 0 unspecified atom stereocenters. The number of hydrogen-bond donors (Lipinski definition) is 1. The number of carbonyl (C=O) groups is 1. The van der Waals surface area contributed by atoms with Gasteiger partial charge in [-0.15, -0.1) is 0 Å². The fourth-order valence-electron chi connectivity index (χ4n) is 3.23. The molecule has 1 amide bonds. The van der Waals surface area contributed by atoms with Crippen LogP contribution in [0, 0.1) is 11.3 Å². The molecule has 0 radical (unpaired) electrons. The summed E-state index contributed by atoms with van der Waals surface area (Å²) in [6, 6.07) is 20.1. The summed E-state index contributed by atoms with van der Waals surface area (Å²) in [5.41, 5.74) is 3.17. The number of ether oxygens (including phenoxy) is 3. The molecule has 0 aliphatic rings. The van der Waals surface area contributed by atoms with Gasteiger partial charge in [0.25, 0.3) is 5.91 Å². The molecule has 0 heterocycles. The van der Waals surface area contributed by atoms with Crippen LogP contribution in [-0.2, 0) is 6.54 Å². The van der Waals surface area contributed by atoms with Crippen LogP contribution in [0.2, 0.25) is 0 Å². The third-order valence-electron chi connectivity index (χ3n) is 4.74. The molecule has 0 saturated carbocycles. The molecular formula is C24H22N2O4. The summed E-state index contributed by atoms with van der Waals surface area (Å²) in [5.74, 6) is 1.42. The van der Waals surface area contributed by atoms with Crippen molar-refractivity contribution in [2.24, 2.45) is 0 Å². The van der Waals surface area contributed by atoms with Gasteiger partial charge >= 0.3 is 0 Å². The number of rotatable bonds is 7. The third kappa shape index (κ3) is 4.20. The minimum absolute atomic E-state index is 0.233. The van der Waals surface area contributed by atoms with Crippen LogP contribution in [0.15, 0.2) is 60.7 Å². The lowest BCUT2D eigenvalue weighted by Gasteiger charge is -2.15. The Kier molecular flexibility index (Phi) is 6.56. The third-order valence-corrected chi connectivity index (χ3v) is 4.74. The van der Waals surface area contributed by atoms with Crippen molar-refractivity contribution >= 4 is 5.91 Å². The molecule has 1 N–H and O–H groups in total. The van der Waals surface area contributed by atoms with Gasteiger partial charge in [0, 0.05) is 29.3 Å². The lowest BCUT2D eigenvalue weighted by atomic mass is 9.95. The zero-order valence-electron chi connectivity index (χ0n) is 17.1. The molecule has 3 rings (SSSR count). The molecule has 152 valence electrons. The highest BCUT2D eigenvalue weighted by Crippen LogP contribution is 2.34. The predicted octanol–water partition coefficient (Wildman–Crippen LogP) is 4.18. The lowest BCUT2D eigenvalue weighted by Crippen LogP contribution is -2.23. The Morgan fingerprint density at radius 1 is 0.867 bits per heavy atom. The predicted molar refractivity (Wildman–Crippen MR) is 114 cm³/mol. The van der Waals surface area contributed by atoms with Crippen LogP contribution < -0.4 is 19.5 Å². The number of benzene rings is 3. The van der Waals surface area contributed by atoms with E-state index in [1.807, 2.05) is 24.3 Å². The average molecular weight is 402 g/mol. The molecule has 6 heteroatoms. The Balaban J connectivity index is 1.89. The second kappa shape index (κ2) is 9.48. The van der Waals surface area contributed by atoms with Crippen molar-refractivity contribution in [1.29, 1.82) is 5.26 Å². The minimum atomic E-state index is -0.254. The standard InChI is InChI=1S/C24H22N2O4/c1-28-21-13-23(30-3)22(29-2)12-17(21)15-26-24(27)20-11-7-6-10-19(20)18-9-5-4-8-16(18)14-25/h4-13H,15H2,1-3H3,(H,26,27). The summed E-state index contributed by atoms with van der Waals surface area (Å²) >= 11 is 0. The smallest absolute Gasteiger partial charge is 0.252 e. The molecule has 30 heavy (non-hydrogen) atoms. The Morgan fingerprint density at radius 3 is 2.13 bits per heavy atom. The monoisotopic (exact) mass is 402 g/mol. The number of hydrogen-bond acceptors (Lipinski definition) is 5. The van der Waals surface area contributed by atoms with E-state index in [1.165, 1.54) is 0 Å². The number of nitrogens with one attached hydrogen (secondary N) is 1. The SMILES string of the molecule is COc1cc(OC)c(OC)cc1CNC(=O)c1ccccc1-c1ccccc1C#N. The van der Waals surface area contributed by atoms with E-state index in [2.05, 4.69) is 11.4 Å². The largest absolute Gasteiger partial charge is 0.496 e. The van der Waals surface area contributed by atoms with Crippen molar-refractivity contribution in [1.82, 2.24) is 5.32 Å². The topological polar surface area (TPSA) is 80.6 Å². The number of amides is 1. The van der Waals surface area contributed by atoms with Crippen LogP contribution in [0.4, 0.5) is 0 Å². The van der Waals surface area contributed by atoms with Gasteiger partial charge in [0.05, 0.1) is 33.0 Å². The van der Waals surface area contributed by atoms with Crippen LogP contribution in [-0.4, -0.2) is 27.2 Å². The van der Waals surface area contributed by atoms with Gasteiger partial charge in [0.15, 0.2) is 11.5 Å². The molecule has 0 saturated heterocycles. The molecule has 0 spiro atoms. The highest BCUT2D eigenvalue weighted by atomic mass is 16.5. The molecular weight excluding hydrogens is 380 g/mol. The van der Waals surface area contributed by atoms with E-state index in [4.69, 9.17) is 14.2 Å². The molecule has 3 aromatic carbocycles. The summed E-state index contributed by atoms with van der Waals surface area (Å²) in [7, 11) is 4.66. The molecule has 0 fully saturated rings. The van der Waals surface area contributed by atoms with Gasteiger partial charge in [-0.05, 0) is 23.8 Å². The molecule has 0 aliphatic carbocycles. The Bertz CT molecular complexity index is 1100. The first-order valence-corrected chi connectivity index (χ1v) is 9.28. The molecule has 0 aromatic heterocycles. The maximum absolute atomic E-state index is 13.0. The zero-order chi connectivity index (χ0) is 21.5. The summed E-state index contributed by atoms with van der Waals surface area (Å²) in [5, 5.41) is 12.4. The fraction of sp³-hybridized carbons (Fsp3) is 0.167. The van der Waals surface area contributed by atoms with E-state index in [0.29, 0.717) is 33.9 Å². The van der Waals surface area contributed by atoms with Crippen molar-refractivity contribution < 1.29 is 19.0 Å². The maximum Gasteiger partial charge on any atom is 0.252 e. The molecule has 0 atom stereocenters. The zero-order valence-corrected chi connectivity index (χ0v) is 17.1.